The van der Waals surface area contributed by atoms with Crippen LogP contribution in [0.1, 0.15) is 20.3 Å². The molecule has 84 valence electrons. The first kappa shape index (κ1) is 12.1. The summed E-state index contributed by atoms with van der Waals surface area (Å²) in [4.78, 5) is 2.39. The standard InChI is InChI=1S/C10H22N2OS/c1-3-14(13)7-6-12-5-4-10(11)9(2)8-12/h9-10H,3-8,11H2,1-2H3. The van der Waals surface area contributed by atoms with E-state index in [4.69, 9.17) is 5.73 Å². The maximum Gasteiger partial charge on any atom is 0.0362 e. The van der Waals surface area contributed by atoms with Crippen molar-refractivity contribution in [1.29, 1.82) is 0 Å². The SMILES string of the molecule is CCS(=O)CCN1CCC(N)C(C)C1. The van der Waals surface area contributed by atoms with Gasteiger partial charge in [0.15, 0.2) is 0 Å². The van der Waals surface area contributed by atoms with E-state index in [9.17, 15) is 4.21 Å². The minimum absolute atomic E-state index is 0.364. The zero-order chi connectivity index (χ0) is 10.6. The van der Waals surface area contributed by atoms with Gasteiger partial charge in [-0.15, -0.1) is 0 Å². The highest BCUT2D eigenvalue weighted by atomic mass is 32.2. The molecule has 1 heterocycles. The number of hydrogen-bond acceptors (Lipinski definition) is 3. The zero-order valence-electron chi connectivity index (χ0n) is 9.24. The number of nitrogens with two attached hydrogens (primary N) is 1. The molecule has 0 aromatic heterocycles. The van der Waals surface area contributed by atoms with Crippen molar-refractivity contribution in [3.63, 3.8) is 0 Å². The summed E-state index contributed by atoms with van der Waals surface area (Å²) in [7, 11) is -0.622. The predicted molar refractivity (Wildman–Crippen MR) is 61.7 cm³/mol. The molecule has 0 radical (unpaired) electrons. The third-order valence-electron chi connectivity index (χ3n) is 3.01. The van der Waals surface area contributed by atoms with Crippen LogP contribution in [-0.4, -0.2) is 46.3 Å². The second-order valence-electron chi connectivity index (χ2n) is 4.16. The van der Waals surface area contributed by atoms with E-state index in [2.05, 4.69) is 11.8 Å². The van der Waals surface area contributed by atoms with E-state index in [1.165, 1.54) is 0 Å². The molecule has 4 heteroatoms. The minimum Gasteiger partial charge on any atom is -0.327 e. The van der Waals surface area contributed by atoms with Crippen molar-refractivity contribution >= 4 is 10.8 Å². The van der Waals surface area contributed by atoms with Gasteiger partial charge in [-0.3, -0.25) is 4.21 Å². The van der Waals surface area contributed by atoms with Gasteiger partial charge in [0.25, 0.3) is 0 Å². The Balaban J connectivity index is 2.23. The van der Waals surface area contributed by atoms with Crippen molar-refractivity contribution in [2.45, 2.75) is 26.3 Å². The number of nitrogens with zero attached hydrogens (tertiary/aromatic N) is 1. The van der Waals surface area contributed by atoms with Crippen LogP contribution in [-0.2, 0) is 10.8 Å². The smallest absolute Gasteiger partial charge is 0.0362 e. The first-order chi connectivity index (χ1) is 6.63. The molecule has 0 spiro atoms. The Hall–Kier alpha value is 0.0700. The van der Waals surface area contributed by atoms with Gasteiger partial charge in [0.1, 0.15) is 0 Å². The molecule has 1 saturated heterocycles. The van der Waals surface area contributed by atoms with Crippen molar-refractivity contribution in [1.82, 2.24) is 4.90 Å². The number of hydrogen-bond donors (Lipinski definition) is 1. The van der Waals surface area contributed by atoms with Crippen LogP contribution in [0.15, 0.2) is 0 Å². The molecule has 0 saturated carbocycles. The maximum absolute atomic E-state index is 11.3. The molecule has 2 N–H and O–H groups in total. The maximum atomic E-state index is 11.3. The van der Waals surface area contributed by atoms with Crippen LogP contribution in [0.5, 0.6) is 0 Å². The quantitative estimate of drug-likeness (QED) is 0.744. The molecule has 0 aromatic rings. The van der Waals surface area contributed by atoms with Gasteiger partial charge >= 0.3 is 0 Å². The normalized spacial score (nSPS) is 31.6. The largest absolute Gasteiger partial charge is 0.327 e. The van der Waals surface area contributed by atoms with E-state index < -0.39 is 10.8 Å². The molecular weight excluding hydrogens is 196 g/mol. The molecule has 1 aliphatic rings. The Labute approximate surface area is 89.5 Å². The highest BCUT2D eigenvalue weighted by Gasteiger charge is 2.22. The molecule has 0 aromatic carbocycles. The van der Waals surface area contributed by atoms with Gasteiger partial charge in [-0.2, -0.15) is 0 Å². The fourth-order valence-electron chi connectivity index (χ4n) is 1.83. The van der Waals surface area contributed by atoms with E-state index in [0.717, 1.165) is 37.6 Å². The van der Waals surface area contributed by atoms with Crippen LogP contribution in [0.25, 0.3) is 0 Å². The monoisotopic (exact) mass is 218 g/mol. The molecular formula is C10H22N2OS. The Morgan fingerprint density at radius 1 is 1.57 bits per heavy atom. The summed E-state index contributed by atoms with van der Waals surface area (Å²) in [5, 5.41) is 0. The lowest BCUT2D eigenvalue weighted by Crippen LogP contribution is -2.46. The number of likely N-dealkylation sites (tertiary alicyclic amines) is 1. The molecule has 14 heavy (non-hydrogen) atoms. The Bertz CT molecular complexity index is 199. The van der Waals surface area contributed by atoms with Gasteiger partial charge in [0.2, 0.25) is 0 Å². The Kier molecular flexibility index (Phi) is 5.06. The minimum atomic E-state index is -0.622. The molecule has 1 fully saturated rings. The molecule has 0 bridgehead atoms. The van der Waals surface area contributed by atoms with Gasteiger partial charge in [-0.05, 0) is 18.9 Å². The van der Waals surface area contributed by atoms with E-state index in [1.54, 1.807) is 0 Å². The molecule has 3 nitrogen and oxygen atoms in total. The lowest BCUT2D eigenvalue weighted by atomic mass is 9.95. The van der Waals surface area contributed by atoms with Crippen LogP contribution in [0.4, 0.5) is 0 Å². The summed E-state index contributed by atoms with van der Waals surface area (Å²) in [5.74, 6) is 2.18. The number of rotatable bonds is 4. The Morgan fingerprint density at radius 3 is 2.86 bits per heavy atom. The van der Waals surface area contributed by atoms with Gasteiger partial charge in [0, 0.05) is 41.4 Å². The van der Waals surface area contributed by atoms with E-state index in [0.29, 0.717) is 12.0 Å². The molecule has 1 rings (SSSR count). The van der Waals surface area contributed by atoms with Gasteiger partial charge < -0.3 is 10.6 Å². The van der Waals surface area contributed by atoms with Gasteiger partial charge in [-0.1, -0.05) is 13.8 Å². The summed E-state index contributed by atoms with van der Waals surface area (Å²) in [6.07, 6.45) is 1.08. The van der Waals surface area contributed by atoms with Crippen LogP contribution < -0.4 is 5.73 Å². The van der Waals surface area contributed by atoms with Gasteiger partial charge in [0.05, 0.1) is 0 Å². The van der Waals surface area contributed by atoms with Crippen molar-refractivity contribution in [3.05, 3.63) is 0 Å². The van der Waals surface area contributed by atoms with Crippen LogP contribution in [0, 0.1) is 5.92 Å². The first-order valence-corrected chi connectivity index (χ1v) is 6.95. The highest BCUT2D eigenvalue weighted by molar-refractivity contribution is 7.84. The second-order valence-corrected chi connectivity index (χ2v) is 6.03. The summed E-state index contributed by atoms with van der Waals surface area (Å²) in [6.45, 7) is 7.30. The number of piperidine rings is 1. The highest BCUT2D eigenvalue weighted by Crippen LogP contribution is 2.14. The van der Waals surface area contributed by atoms with Crippen molar-refractivity contribution in [2.24, 2.45) is 11.7 Å². The summed E-state index contributed by atoms with van der Waals surface area (Å²) < 4.78 is 11.3. The first-order valence-electron chi connectivity index (χ1n) is 5.46. The summed E-state index contributed by atoms with van der Waals surface area (Å²) in [6, 6.07) is 0.364. The topological polar surface area (TPSA) is 46.3 Å². The lowest BCUT2D eigenvalue weighted by molar-refractivity contribution is 0.173. The van der Waals surface area contributed by atoms with E-state index in [-0.39, 0.29) is 0 Å². The average molecular weight is 218 g/mol. The molecule has 0 aliphatic carbocycles. The third kappa shape index (κ3) is 3.67. The van der Waals surface area contributed by atoms with Crippen molar-refractivity contribution < 1.29 is 4.21 Å². The molecule has 0 amide bonds. The molecule has 1 aliphatic heterocycles. The zero-order valence-corrected chi connectivity index (χ0v) is 10.1. The fraction of sp³-hybridized carbons (Fsp3) is 1.00. The Morgan fingerprint density at radius 2 is 2.29 bits per heavy atom. The molecule has 3 atom stereocenters. The van der Waals surface area contributed by atoms with Crippen LogP contribution >= 0.6 is 0 Å². The van der Waals surface area contributed by atoms with Crippen LogP contribution in [0.2, 0.25) is 0 Å². The summed E-state index contributed by atoms with van der Waals surface area (Å²) >= 11 is 0. The van der Waals surface area contributed by atoms with Crippen molar-refractivity contribution in [3.8, 4) is 0 Å². The second kappa shape index (κ2) is 5.83. The average Bonchev–Trinajstić information content (AvgIpc) is 2.19. The van der Waals surface area contributed by atoms with E-state index in [1.807, 2.05) is 6.92 Å². The lowest BCUT2D eigenvalue weighted by Gasteiger charge is -2.34. The van der Waals surface area contributed by atoms with Crippen molar-refractivity contribution in [2.75, 3.05) is 31.1 Å². The van der Waals surface area contributed by atoms with Crippen LogP contribution in [0.3, 0.4) is 0 Å². The van der Waals surface area contributed by atoms with E-state index >= 15 is 0 Å². The van der Waals surface area contributed by atoms with Gasteiger partial charge in [-0.25, -0.2) is 0 Å². The predicted octanol–water partition coefficient (Wildman–Crippen LogP) is 0.424. The fourth-order valence-corrected chi connectivity index (χ4v) is 2.58. The summed E-state index contributed by atoms with van der Waals surface area (Å²) in [5.41, 5.74) is 5.94. The third-order valence-corrected chi connectivity index (χ3v) is 4.29. The molecule has 3 unspecified atom stereocenters.